The number of carboxylic acids is 1. The molecule has 4 nitrogen and oxygen atoms in total. The lowest BCUT2D eigenvalue weighted by molar-refractivity contribution is -0.142. The first-order valence-electron chi connectivity index (χ1n) is 8.73. The van der Waals surface area contributed by atoms with Crippen LogP contribution in [0.4, 0.5) is 0 Å². The van der Waals surface area contributed by atoms with Gasteiger partial charge in [-0.1, -0.05) is 36.8 Å². The molecule has 0 radical (unpaired) electrons. The number of hydrogen-bond donors (Lipinski definition) is 2. The summed E-state index contributed by atoms with van der Waals surface area (Å²) >= 11 is 0. The highest BCUT2D eigenvalue weighted by atomic mass is 16.4. The molecular formula is C19H25NO3. The zero-order chi connectivity index (χ0) is 16.2. The number of carbonyl (C=O) groups excluding carboxylic acids is 1. The van der Waals surface area contributed by atoms with Crippen LogP contribution < -0.4 is 5.32 Å². The molecule has 124 valence electrons. The lowest BCUT2D eigenvalue weighted by atomic mass is 9.78. The number of carboxylic acid groups (broad SMARTS) is 1. The van der Waals surface area contributed by atoms with E-state index in [0.29, 0.717) is 12.3 Å². The van der Waals surface area contributed by atoms with Crippen LogP contribution >= 0.6 is 0 Å². The first-order chi connectivity index (χ1) is 11.1. The second-order valence-electron chi connectivity index (χ2n) is 6.95. The average molecular weight is 315 g/mol. The Morgan fingerprint density at radius 2 is 1.65 bits per heavy atom. The number of benzene rings is 1. The molecule has 2 atom stereocenters. The van der Waals surface area contributed by atoms with E-state index in [-0.39, 0.29) is 17.9 Å². The molecule has 2 N–H and O–H groups in total. The first-order valence-corrected chi connectivity index (χ1v) is 8.73. The Balaban J connectivity index is 1.51. The summed E-state index contributed by atoms with van der Waals surface area (Å²) < 4.78 is 0. The molecule has 1 aromatic rings. The molecule has 2 saturated carbocycles. The molecule has 0 unspecified atom stereocenters. The first kappa shape index (κ1) is 16.0. The molecule has 3 rings (SSSR count). The Kier molecular flexibility index (Phi) is 4.99. The van der Waals surface area contributed by atoms with Crippen LogP contribution in [-0.4, -0.2) is 23.0 Å². The number of aliphatic carboxylic acids is 1. The van der Waals surface area contributed by atoms with Crippen molar-refractivity contribution < 1.29 is 14.7 Å². The number of rotatable bonds is 4. The summed E-state index contributed by atoms with van der Waals surface area (Å²) in [5, 5.41) is 12.2. The van der Waals surface area contributed by atoms with Gasteiger partial charge in [0, 0.05) is 12.0 Å². The minimum absolute atomic E-state index is 0.0463. The molecule has 2 aliphatic rings. The summed E-state index contributed by atoms with van der Waals surface area (Å²) in [6.07, 6.45) is 6.24. The molecule has 1 amide bonds. The van der Waals surface area contributed by atoms with Crippen molar-refractivity contribution in [3.8, 4) is 0 Å². The molecule has 4 heteroatoms. The Morgan fingerprint density at radius 1 is 0.957 bits per heavy atom. The van der Waals surface area contributed by atoms with Gasteiger partial charge >= 0.3 is 5.97 Å². The standard InChI is InChI=1S/C19H25NO3/c21-18(20-17-8-4-7-16(17)19(22)23)15-11-9-14(10-12-15)13-5-2-1-3-6-13/h1-3,5-6,14-17H,4,7-12H2,(H,20,21)(H,22,23)/t14?,15?,16-,17+/m1/s1. The molecule has 2 fully saturated rings. The van der Waals surface area contributed by atoms with Gasteiger partial charge in [-0.25, -0.2) is 0 Å². The van der Waals surface area contributed by atoms with Gasteiger partial charge in [-0.05, 0) is 50.0 Å². The van der Waals surface area contributed by atoms with Crippen LogP contribution in [-0.2, 0) is 9.59 Å². The SMILES string of the molecule is O=C(N[C@H]1CCC[C@H]1C(=O)O)C1CCC(c2ccccc2)CC1. The summed E-state index contributed by atoms with van der Waals surface area (Å²) in [4.78, 5) is 23.7. The average Bonchev–Trinajstić information content (AvgIpc) is 3.04. The number of hydrogen-bond acceptors (Lipinski definition) is 2. The third-order valence-corrected chi connectivity index (χ3v) is 5.53. The number of nitrogens with one attached hydrogen (secondary N) is 1. The Bertz CT molecular complexity index is 549. The molecule has 0 heterocycles. The van der Waals surface area contributed by atoms with Crippen LogP contribution in [0.5, 0.6) is 0 Å². The van der Waals surface area contributed by atoms with E-state index in [4.69, 9.17) is 0 Å². The van der Waals surface area contributed by atoms with Crippen molar-refractivity contribution in [1.29, 1.82) is 0 Å². The van der Waals surface area contributed by atoms with E-state index < -0.39 is 11.9 Å². The summed E-state index contributed by atoms with van der Waals surface area (Å²) in [6.45, 7) is 0. The van der Waals surface area contributed by atoms with E-state index in [1.807, 2.05) is 6.07 Å². The predicted octanol–water partition coefficient (Wildman–Crippen LogP) is 3.33. The Labute approximate surface area is 137 Å². The Hall–Kier alpha value is -1.84. The van der Waals surface area contributed by atoms with Gasteiger partial charge in [0.2, 0.25) is 5.91 Å². The highest BCUT2D eigenvalue weighted by molar-refractivity contribution is 5.80. The molecule has 0 aliphatic heterocycles. The third-order valence-electron chi connectivity index (χ3n) is 5.53. The minimum atomic E-state index is -0.777. The maximum Gasteiger partial charge on any atom is 0.308 e. The van der Waals surface area contributed by atoms with E-state index in [0.717, 1.165) is 38.5 Å². The molecule has 0 bridgehead atoms. The fraction of sp³-hybridized carbons (Fsp3) is 0.579. The van der Waals surface area contributed by atoms with Crippen LogP contribution in [0.25, 0.3) is 0 Å². The largest absolute Gasteiger partial charge is 0.481 e. The van der Waals surface area contributed by atoms with Crippen molar-refractivity contribution in [3.05, 3.63) is 35.9 Å². The molecule has 0 saturated heterocycles. The number of amides is 1. The third kappa shape index (κ3) is 3.74. The van der Waals surface area contributed by atoms with Gasteiger partial charge in [0.05, 0.1) is 5.92 Å². The van der Waals surface area contributed by atoms with Gasteiger partial charge in [0.15, 0.2) is 0 Å². The molecular weight excluding hydrogens is 290 g/mol. The zero-order valence-electron chi connectivity index (χ0n) is 13.4. The molecule has 0 aromatic heterocycles. The maximum absolute atomic E-state index is 12.5. The summed E-state index contributed by atoms with van der Waals surface area (Å²) in [7, 11) is 0. The molecule has 2 aliphatic carbocycles. The van der Waals surface area contributed by atoms with Gasteiger partial charge in [-0.3, -0.25) is 9.59 Å². The topological polar surface area (TPSA) is 66.4 Å². The highest BCUT2D eigenvalue weighted by Gasteiger charge is 2.36. The van der Waals surface area contributed by atoms with E-state index in [2.05, 4.69) is 29.6 Å². The highest BCUT2D eigenvalue weighted by Crippen LogP contribution is 2.36. The van der Waals surface area contributed by atoms with Crippen LogP contribution in [0.15, 0.2) is 30.3 Å². The van der Waals surface area contributed by atoms with E-state index in [1.54, 1.807) is 0 Å². The normalized spacial score (nSPS) is 30.8. The second-order valence-corrected chi connectivity index (χ2v) is 6.95. The van der Waals surface area contributed by atoms with E-state index in [9.17, 15) is 14.7 Å². The summed E-state index contributed by atoms with van der Waals surface area (Å²) in [5.74, 6) is -0.515. The van der Waals surface area contributed by atoms with Crippen molar-refractivity contribution in [2.24, 2.45) is 11.8 Å². The lowest BCUT2D eigenvalue weighted by Gasteiger charge is -2.29. The van der Waals surface area contributed by atoms with Crippen molar-refractivity contribution in [2.75, 3.05) is 0 Å². The van der Waals surface area contributed by atoms with Crippen molar-refractivity contribution in [1.82, 2.24) is 5.32 Å². The maximum atomic E-state index is 12.5. The van der Waals surface area contributed by atoms with E-state index >= 15 is 0 Å². The Morgan fingerprint density at radius 3 is 2.30 bits per heavy atom. The van der Waals surface area contributed by atoms with Gasteiger partial charge in [-0.15, -0.1) is 0 Å². The molecule has 0 spiro atoms. The fourth-order valence-corrected chi connectivity index (χ4v) is 4.14. The van der Waals surface area contributed by atoms with Crippen molar-refractivity contribution >= 4 is 11.9 Å². The quantitative estimate of drug-likeness (QED) is 0.895. The van der Waals surface area contributed by atoms with Crippen molar-refractivity contribution in [2.45, 2.75) is 56.9 Å². The van der Waals surface area contributed by atoms with Crippen LogP contribution in [0.1, 0.15) is 56.4 Å². The van der Waals surface area contributed by atoms with Gasteiger partial charge < -0.3 is 10.4 Å². The van der Waals surface area contributed by atoms with E-state index in [1.165, 1.54) is 5.56 Å². The number of carbonyl (C=O) groups is 2. The predicted molar refractivity (Wildman–Crippen MR) is 88.0 cm³/mol. The van der Waals surface area contributed by atoms with Crippen molar-refractivity contribution in [3.63, 3.8) is 0 Å². The summed E-state index contributed by atoms with van der Waals surface area (Å²) in [6, 6.07) is 10.3. The van der Waals surface area contributed by atoms with Gasteiger partial charge in [0.1, 0.15) is 0 Å². The van der Waals surface area contributed by atoms with Gasteiger partial charge in [0.25, 0.3) is 0 Å². The smallest absolute Gasteiger partial charge is 0.308 e. The molecule has 1 aromatic carbocycles. The summed E-state index contributed by atoms with van der Waals surface area (Å²) in [5.41, 5.74) is 1.37. The van der Waals surface area contributed by atoms with Crippen LogP contribution in [0, 0.1) is 11.8 Å². The second kappa shape index (κ2) is 7.16. The van der Waals surface area contributed by atoms with Gasteiger partial charge in [-0.2, -0.15) is 0 Å². The van der Waals surface area contributed by atoms with Crippen LogP contribution in [0.2, 0.25) is 0 Å². The fourth-order valence-electron chi connectivity index (χ4n) is 4.14. The molecule has 23 heavy (non-hydrogen) atoms. The monoisotopic (exact) mass is 315 g/mol. The van der Waals surface area contributed by atoms with Crippen LogP contribution in [0.3, 0.4) is 0 Å². The zero-order valence-corrected chi connectivity index (χ0v) is 13.4. The minimum Gasteiger partial charge on any atom is -0.481 e. The lowest BCUT2D eigenvalue weighted by Crippen LogP contribution is -2.43.